The highest BCUT2D eigenvalue weighted by molar-refractivity contribution is 5.93. The second-order valence-corrected chi connectivity index (χ2v) is 4.61. The summed E-state index contributed by atoms with van der Waals surface area (Å²) < 4.78 is 0. The van der Waals surface area contributed by atoms with Crippen LogP contribution >= 0.6 is 0 Å². The molecule has 2 rings (SSSR count). The molecule has 1 aliphatic rings. The molecular weight excluding hydrogens is 226 g/mol. The molecule has 18 heavy (non-hydrogen) atoms. The lowest BCUT2D eigenvalue weighted by Gasteiger charge is -2.24. The average Bonchev–Trinajstić information content (AvgIpc) is 2.38. The molecule has 0 bridgehead atoms. The summed E-state index contributed by atoms with van der Waals surface area (Å²) in [5.74, 6) is 0.240. The maximum absolute atomic E-state index is 11.9. The van der Waals surface area contributed by atoms with Crippen LogP contribution in [0, 0.1) is 6.92 Å². The fraction of sp³-hybridized carbons (Fsp3) is 0.333. The van der Waals surface area contributed by atoms with Crippen LogP contribution in [-0.2, 0) is 9.59 Å². The van der Waals surface area contributed by atoms with Gasteiger partial charge in [0.1, 0.15) is 5.78 Å². The summed E-state index contributed by atoms with van der Waals surface area (Å²) in [6.45, 7) is 3.13. The summed E-state index contributed by atoms with van der Waals surface area (Å²) in [4.78, 5) is 24.7. The number of carbonyl (C=O) groups is 2. The lowest BCUT2D eigenvalue weighted by molar-refractivity contribution is -0.130. The Morgan fingerprint density at radius 3 is 2.39 bits per heavy atom. The Kier molecular flexibility index (Phi) is 3.92. The first-order valence-electron chi connectivity index (χ1n) is 6.20. The van der Waals surface area contributed by atoms with Gasteiger partial charge >= 0.3 is 0 Å². The number of ketones is 1. The van der Waals surface area contributed by atoms with E-state index in [-0.39, 0.29) is 11.7 Å². The second kappa shape index (κ2) is 5.63. The topological polar surface area (TPSA) is 37.4 Å². The van der Waals surface area contributed by atoms with E-state index in [9.17, 15) is 9.59 Å². The Balaban J connectivity index is 1.94. The van der Waals surface area contributed by atoms with Crippen molar-refractivity contribution in [2.24, 2.45) is 0 Å². The van der Waals surface area contributed by atoms with Gasteiger partial charge < -0.3 is 4.90 Å². The number of carbonyl (C=O) groups excluding carboxylic acids is 2. The molecule has 0 unspecified atom stereocenters. The second-order valence-electron chi connectivity index (χ2n) is 4.61. The number of amides is 1. The van der Waals surface area contributed by atoms with Crippen molar-refractivity contribution in [1.29, 1.82) is 0 Å². The number of likely N-dealkylation sites (tertiary alicyclic amines) is 1. The molecule has 3 nitrogen and oxygen atoms in total. The van der Waals surface area contributed by atoms with Crippen molar-refractivity contribution in [3.8, 4) is 0 Å². The first kappa shape index (κ1) is 12.6. The fourth-order valence-corrected chi connectivity index (χ4v) is 1.93. The van der Waals surface area contributed by atoms with Crippen molar-refractivity contribution in [3.05, 3.63) is 41.5 Å². The number of nitrogens with zero attached hydrogens (tertiary/aromatic N) is 1. The van der Waals surface area contributed by atoms with Gasteiger partial charge in [0.15, 0.2) is 0 Å². The minimum absolute atomic E-state index is 0.0110. The van der Waals surface area contributed by atoms with E-state index in [1.54, 1.807) is 11.0 Å². The molecule has 1 saturated heterocycles. The number of benzene rings is 1. The Bertz CT molecular complexity index is 464. The van der Waals surface area contributed by atoms with E-state index in [0.29, 0.717) is 25.9 Å². The molecular formula is C15H17NO2. The molecule has 1 aromatic carbocycles. The number of hydrogen-bond donors (Lipinski definition) is 0. The molecule has 0 aromatic heterocycles. The van der Waals surface area contributed by atoms with Crippen molar-refractivity contribution >= 4 is 17.8 Å². The van der Waals surface area contributed by atoms with Gasteiger partial charge in [0.2, 0.25) is 5.91 Å². The minimum Gasteiger partial charge on any atom is -0.338 e. The van der Waals surface area contributed by atoms with E-state index in [2.05, 4.69) is 0 Å². The summed E-state index contributed by atoms with van der Waals surface area (Å²) >= 11 is 0. The van der Waals surface area contributed by atoms with Gasteiger partial charge in [0.05, 0.1) is 0 Å². The van der Waals surface area contributed by atoms with Crippen LogP contribution in [0.5, 0.6) is 0 Å². The number of Topliss-reactive ketones (excluding diaryl/α,β-unsaturated/α-hetero) is 1. The summed E-state index contributed by atoms with van der Waals surface area (Å²) in [5, 5.41) is 0. The highest BCUT2D eigenvalue weighted by atomic mass is 16.2. The molecule has 3 heteroatoms. The van der Waals surface area contributed by atoms with Crippen LogP contribution in [0.25, 0.3) is 6.08 Å². The summed E-state index contributed by atoms with van der Waals surface area (Å²) in [6.07, 6.45) is 4.38. The van der Waals surface area contributed by atoms with Crippen molar-refractivity contribution in [3.63, 3.8) is 0 Å². The Morgan fingerprint density at radius 1 is 1.17 bits per heavy atom. The summed E-state index contributed by atoms with van der Waals surface area (Å²) in [7, 11) is 0. The predicted octanol–water partition coefficient (Wildman–Crippen LogP) is 2.20. The molecule has 0 atom stereocenters. The zero-order chi connectivity index (χ0) is 13.0. The van der Waals surface area contributed by atoms with Crippen molar-refractivity contribution in [1.82, 2.24) is 4.90 Å². The largest absolute Gasteiger partial charge is 0.338 e. The van der Waals surface area contributed by atoms with Gasteiger partial charge in [-0.05, 0) is 18.6 Å². The van der Waals surface area contributed by atoms with Crippen molar-refractivity contribution in [2.75, 3.05) is 13.1 Å². The lowest BCUT2D eigenvalue weighted by Crippen LogP contribution is -2.37. The van der Waals surface area contributed by atoms with Crippen LogP contribution in [0.15, 0.2) is 30.3 Å². The molecule has 0 radical (unpaired) electrons. The number of aryl methyl sites for hydroxylation is 1. The molecule has 0 N–H and O–H groups in total. The van der Waals surface area contributed by atoms with Gasteiger partial charge in [-0.25, -0.2) is 0 Å². The smallest absolute Gasteiger partial charge is 0.246 e. The normalized spacial score (nSPS) is 16.3. The van der Waals surface area contributed by atoms with E-state index in [1.165, 1.54) is 5.56 Å². The lowest BCUT2D eigenvalue weighted by atomic mass is 10.1. The van der Waals surface area contributed by atoms with Gasteiger partial charge in [-0.1, -0.05) is 29.8 Å². The molecule has 1 heterocycles. The Labute approximate surface area is 107 Å². The quantitative estimate of drug-likeness (QED) is 0.747. The Hall–Kier alpha value is -1.90. The third-order valence-corrected chi connectivity index (χ3v) is 3.13. The van der Waals surface area contributed by atoms with E-state index >= 15 is 0 Å². The number of hydrogen-bond acceptors (Lipinski definition) is 2. The van der Waals surface area contributed by atoms with E-state index < -0.39 is 0 Å². The van der Waals surface area contributed by atoms with Gasteiger partial charge in [0, 0.05) is 32.0 Å². The standard InChI is InChI=1S/C15H17NO2/c1-12-2-4-13(5-3-12)6-7-15(18)16-10-8-14(17)9-11-16/h2-7H,8-11H2,1H3/b7-6+. The SMILES string of the molecule is Cc1ccc(/C=C/C(=O)N2CCC(=O)CC2)cc1. The highest BCUT2D eigenvalue weighted by Gasteiger charge is 2.18. The van der Waals surface area contributed by atoms with Crippen molar-refractivity contribution in [2.45, 2.75) is 19.8 Å². The van der Waals surface area contributed by atoms with E-state index in [4.69, 9.17) is 0 Å². The van der Waals surface area contributed by atoms with Gasteiger partial charge in [-0.15, -0.1) is 0 Å². The summed E-state index contributed by atoms with van der Waals surface area (Å²) in [5.41, 5.74) is 2.22. The van der Waals surface area contributed by atoms with Crippen LogP contribution in [0.2, 0.25) is 0 Å². The van der Waals surface area contributed by atoms with E-state index in [1.807, 2.05) is 37.3 Å². The number of rotatable bonds is 2. The van der Waals surface area contributed by atoms with Crippen LogP contribution in [0.1, 0.15) is 24.0 Å². The Morgan fingerprint density at radius 2 is 1.78 bits per heavy atom. The molecule has 0 spiro atoms. The van der Waals surface area contributed by atoms with Crippen LogP contribution in [0.4, 0.5) is 0 Å². The zero-order valence-corrected chi connectivity index (χ0v) is 10.6. The molecule has 1 fully saturated rings. The molecule has 94 valence electrons. The first-order chi connectivity index (χ1) is 8.65. The fourth-order valence-electron chi connectivity index (χ4n) is 1.93. The van der Waals surface area contributed by atoms with Crippen LogP contribution in [0.3, 0.4) is 0 Å². The first-order valence-corrected chi connectivity index (χ1v) is 6.20. The van der Waals surface area contributed by atoms with Crippen LogP contribution in [-0.4, -0.2) is 29.7 Å². The summed E-state index contributed by atoms with van der Waals surface area (Å²) in [6, 6.07) is 8.01. The third-order valence-electron chi connectivity index (χ3n) is 3.13. The van der Waals surface area contributed by atoms with Gasteiger partial charge in [0.25, 0.3) is 0 Å². The molecule has 0 aliphatic carbocycles. The van der Waals surface area contributed by atoms with Gasteiger partial charge in [-0.3, -0.25) is 9.59 Å². The molecule has 1 amide bonds. The molecule has 1 aliphatic heterocycles. The van der Waals surface area contributed by atoms with Crippen LogP contribution < -0.4 is 0 Å². The van der Waals surface area contributed by atoms with Gasteiger partial charge in [-0.2, -0.15) is 0 Å². The maximum atomic E-state index is 11.9. The molecule has 0 saturated carbocycles. The highest BCUT2D eigenvalue weighted by Crippen LogP contribution is 2.08. The monoisotopic (exact) mass is 243 g/mol. The number of piperidine rings is 1. The average molecular weight is 243 g/mol. The maximum Gasteiger partial charge on any atom is 0.246 e. The van der Waals surface area contributed by atoms with Crippen molar-refractivity contribution < 1.29 is 9.59 Å². The van der Waals surface area contributed by atoms with E-state index in [0.717, 1.165) is 5.56 Å². The third kappa shape index (κ3) is 3.29. The zero-order valence-electron chi connectivity index (χ0n) is 10.6. The minimum atomic E-state index is -0.0110. The predicted molar refractivity (Wildman–Crippen MR) is 71.0 cm³/mol. The molecule has 1 aromatic rings.